The minimum Gasteiger partial charge on any atom is -0.314 e. The minimum absolute atomic E-state index is 0.0112. The molecule has 30 heavy (non-hydrogen) atoms. The predicted molar refractivity (Wildman–Crippen MR) is 120 cm³/mol. The molecule has 3 aromatic rings. The van der Waals surface area contributed by atoms with E-state index < -0.39 is 0 Å². The van der Waals surface area contributed by atoms with Gasteiger partial charge in [0.05, 0.1) is 16.4 Å². The number of anilines is 1. The summed E-state index contributed by atoms with van der Waals surface area (Å²) >= 11 is 12.2. The monoisotopic (exact) mass is 441 g/mol. The van der Waals surface area contributed by atoms with Crippen molar-refractivity contribution in [2.24, 2.45) is 0 Å². The third-order valence-electron chi connectivity index (χ3n) is 4.80. The normalized spacial score (nSPS) is 10.7. The molecule has 0 unspecified atom stereocenters. The molecule has 0 saturated carbocycles. The third kappa shape index (κ3) is 5.23. The Labute approximate surface area is 185 Å². The van der Waals surface area contributed by atoms with Crippen LogP contribution in [-0.4, -0.2) is 28.7 Å². The second-order valence-corrected chi connectivity index (χ2v) is 7.61. The molecular formula is C23H21Cl2N3O2. The summed E-state index contributed by atoms with van der Waals surface area (Å²) in [5.41, 5.74) is 3.67. The topological polar surface area (TPSA) is 63.2 Å². The van der Waals surface area contributed by atoms with Crippen LogP contribution in [0, 0.1) is 0 Å². The number of aromatic nitrogens is 2. The Bertz CT molecular complexity index is 1050. The number of halogens is 2. The van der Waals surface area contributed by atoms with Crippen LogP contribution in [0.1, 0.15) is 35.7 Å². The van der Waals surface area contributed by atoms with E-state index in [0.717, 1.165) is 11.1 Å². The number of amides is 1. The molecule has 2 heterocycles. The van der Waals surface area contributed by atoms with E-state index in [2.05, 4.69) is 9.97 Å². The van der Waals surface area contributed by atoms with Crippen LogP contribution in [0.5, 0.6) is 0 Å². The molecular weight excluding hydrogens is 421 g/mol. The lowest BCUT2D eigenvalue weighted by molar-refractivity contribution is -0.118. The maximum absolute atomic E-state index is 12.5. The zero-order valence-corrected chi connectivity index (χ0v) is 18.2. The SMILES string of the molecule is CCC(=O)N(C)c1ccc(-c2ccc(C(=O)CCc3ccc(Cl)nc3)cn2)cc1Cl. The molecule has 0 aliphatic rings. The average Bonchev–Trinajstić information content (AvgIpc) is 2.77. The van der Waals surface area contributed by atoms with Crippen LogP contribution in [0.2, 0.25) is 10.2 Å². The van der Waals surface area contributed by atoms with Crippen LogP contribution < -0.4 is 4.90 Å². The van der Waals surface area contributed by atoms with E-state index in [1.165, 1.54) is 4.90 Å². The summed E-state index contributed by atoms with van der Waals surface area (Å²) in [6.07, 6.45) is 4.61. The highest BCUT2D eigenvalue weighted by Crippen LogP contribution is 2.30. The molecule has 5 nitrogen and oxygen atoms in total. The van der Waals surface area contributed by atoms with E-state index in [9.17, 15) is 9.59 Å². The van der Waals surface area contributed by atoms with Crippen molar-refractivity contribution < 1.29 is 9.59 Å². The first kappa shape index (κ1) is 21.9. The molecule has 0 spiro atoms. The molecule has 0 aliphatic carbocycles. The lowest BCUT2D eigenvalue weighted by atomic mass is 10.0. The van der Waals surface area contributed by atoms with E-state index >= 15 is 0 Å². The zero-order chi connectivity index (χ0) is 21.7. The summed E-state index contributed by atoms with van der Waals surface area (Å²) in [6.45, 7) is 1.81. The first-order chi connectivity index (χ1) is 14.4. The number of hydrogen-bond acceptors (Lipinski definition) is 4. The molecule has 0 bridgehead atoms. The van der Waals surface area contributed by atoms with E-state index in [-0.39, 0.29) is 11.7 Å². The van der Waals surface area contributed by atoms with Crippen molar-refractivity contribution in [1.29, 1.82) is 0 Å². The Morgan fingerprint density at radius 3 is 2.40 bits per heavy atom. The van der Waals surface area contributed by atoms with E-state index in [0.29, 0.717) is 46.4 Å². The Kier molecular flexibility index (Phi) is 7.19. The van der Waals surface area contributed by atoms with Crippen LogP contribution in [-0.2, 0) is 11.2 Å². The number of Topliss-reactive ketones (excluding diaryl/α,β-unsaturated/α-hetero) is 1. The van der Waals surface area contributed by atoms with Crippen molar-refractivity contribution in [3.63, 3.8) is 0 Å². The summed E-state index contributed by atoms with van der Waals surface area (Å²) in [5.74, 6) is -0.00268. The van der Waals surface area contributed by atoms with Crippen LogP contribution in [0.25, 0.3) is 11.3 Å². The molecule has 0 radical (unpaired) electrons. The van der Waals surface area contributed by atoms with E-state index in [1.807, 2.05) is 12.1 Å². The number of aryl methyl sites for hydroxylation is 1. The molecule has 0 N–H and O–H groups in total. The molecule has 0 saturated heterocycles. The molecule has 0 aliphatic heterocycles. The summed E-state index contributed by atoms with van der Waals surface area (Å²) in [4.78, 5) is 34.3. The Morgan fingerprint density at radius 1 is 1.00 bits per heavy atom. The van der Waals surface area contributed by atoms with Gasteiger partial charge in [-0.05, 0) is 42.3 Å². The smallest absolute Gasteiger partial charge is 0.226 e. The Morgan fingerprint density at radius 2 is 1.80 bits per heavy atom. The number of ketones is 1. The van der Waals surface area contributed by atoms with Gasteiger partial charge in [-0.3, -0.25) is 14.6 Å². The minimum atomic E-state index is -0.0139. The van der Waals surface area contributed by atoms with Gasteiger partial charge in [0.15, 0.2) is 5.78 Å². The largest absolute Gasteiger partial charge is 0.314 e. The highest BCUT2D eigenvalue weighted by atomic mass is 35.5. The summed E-state index contributed by atoms with van der Waals surface area (Å²) in [5, 5.41) is 0.900. The van der Waals surface area contributed by atoms with Crippen molar-refractivity contribution in [2.75, 3.05) is 11.9 Å². The van der Waals surface area contributed by atoms with Crippen molar-refractivity contribution in [3.05, 3.63) is 76.2 Å². The molecule has 0 fully saturated rings. The van der Waals surface area contributed by atoms with E-state index in [4.69, 9.17) is 23.2 Å². The zero-order valence-electron chi connectivity index (χ0n) is 16.7. The molecule has 7 heteroatoms. The van der Waals surface area contributed by atoms with Crippen molar-refractivity contribution in [1.82, 2.24) is 9.97 Å². The van der Waals surface area contributed by atoms with Crippen LogP contribution in [0.4, 0.5) is 5.69 Å². The first-order valence-electron chi connectivity index (χ1n) is 9.55. The highest BCUT2D eigenvalue weighted by Gasteiger charge is 2.14. The third-order valence-corrected chi connectivity index (χ3v) is 5.32. The van der Waals surface area contributed by atoms with Crippen LogP contribution in [0.15, 0.2) is 54.9 Å². The second-order valence-electron chi connectivity index (χ2n) is 6.82. The van der Waals surface area contributed by atoms with Gasteiger partial charge < -0.3 is 4.90 Å². The van der Waals surface area contributed by atoms with Crippen LogP contribution in [0.3, 0.4) is 0 Å². The second kappa shape index (κ2) is 9.83. The van der Waals surface area contributed by atoms with Gasteiger partial charge in [-0.25, -0.2) is 4.98 Å². The fourth-order valence-electron chi connectivity index (χ4n) is 3.00. The average molecular weight is 442 g/mol. The van der Waals surface area contributed by atoms with Gasteiger partial charge in [-0.2, -0.15) is 0 Å². The number of hydrogen-bond donors (Lipinski definition) is 0. The fraction of sp³-hybridized carbons (Fsp3) is 0.217. The number of rotatable bonds is 7. The highest BCUT2D eigenvalue weighted by molar-refractivity contribution is 6.34. The standard InChI is InChI=1S/C23H21Cl2N3O2/c1-3-23(30)28(2)20-9-7-16(12-18(20)24)19-8-6-17(14-26-19)21(29)10-4-15-5-11-22(25)27-13-15/h5-9,11-14H,3-4,10H2,1-2H3. The van der Waals surface area contributed by atoms with E-state index in [1.54, 1.807) is 56.7 Å². The predicted octanol–water partition coefficient (Wildman–Crippen LogP) is 5.64. The molecule has 1 amide bonds. The maximum atomic E-state index is 12.5. The summed E-state index contributed by atoms with van der Waals surface area (Å²) in [6, 6.07) is 12.6. The quantitative estimate of drug-likeness (QED) is 0.351. The van der Waals surface area contributed by atoms with Gasteiger partial charge in [0.2, 0.25) is 5.91 Å². The molecule has 0 atom stereocenters. The molecule has 2 aromatic heterocycles. The number of benzene rings is 1. The van der Waals surface area contributed by atoms with Gasteiger partial charge in [-0.15, -0.1) is 0 Å². The van der Waals surface area contributed by atoms with Crippen molar-refractivity contribution in [2.45, 2.75) is 26.2 Å². The first-order valence-corrected chi connectivity index (χ1v) is 10.3. The molecule has 1 aromatic carbocycles. The van der Waals surface area contributed by atoms with Crippen LogP contribution >= 0.6 is 23.2 Å². The van der Waals surface area contributed by atoms with Crippen molar-refractivity contribution >= 4 is 40.6 Å². The Hall–Kier alpha value is -2.76. The molecule has 154 valence electrons. The van der Waals surface area contributed by atoms with Gasteiger partial charge >= 0.3 is 0 Å². The number of nitrogens with zero attached hydrogens (tertiary/aromatic N) is 3. The van der Waals surface area contributed by atoms with Gasteiger partial charge in [0.25, 0.3) is 0 Å². The van der Waals surface area contributed by atoms with Crippen molar-refractivity contribution in [3.8, 4) is 11.3 Å². The summed E-state index contributed by atoms with van der Waals surface area (Å²) in [7, 11) is 1.70. The lowest BCUT2D eigenvalue weighted by Crippen LogP contribution is -2.25. The fourth-order valence-corrected chi connectivity index (χ4v) is 3.41. The molecule has 3 rings (SSSR count). The lowest BCUT2D eigenvalue weighted by Gasteiger charge is -2.18. The van der Waals surface area contributed by atoms with Gasteiger partial charge in [0, 0.05) is 43.4 Å². The number of pyridine rings is 2. The number of carbonyl (C=O) groups is 2. The van der Waals surface area contributed by atoms with Gasteiger partial charge in [-0.1, -0.05) is 42.3 Å². The Balaban J connectivity index is 1.69. The number of carbonyl (C=O) groups excluding carboxylic acids is 2. The van der Waals surface area contributed by atoms with Gasteiger partial charge in [0.1, 0.15) is 5.15 Å². The summed E-state index contributed by atoms with van der Waals surface area (Å²) < 4.78 is 0. The maximum Gasteiger partial charge on any atom is 0.226 e.